The zero-order valence-electron chi connectivity index (χ0n) is 18.7. The van der Waals surface area contributed by atoms with Crippen molar-refractivity contribution in [2.24, 2.45) is 0 Å². The number of carbonyl (C=O) groups excluding carboxylic acids is 1. The molecule has 4 rings (SSSR count). The van der Waals surface area contributed by atoms with Crippen LogP contribution < -0.4 is 14.4 Å². The number of sulfone groups is 1. The highest BCUT2D eigenvalue weighted by Gasteiger charge is 2.25. The van der Waals surface area contributed by atoms with Crippen LogP contribution in [0.5, 0.6) is 11.5 Å². The van der Waals surface area contributed by atoms with Crippen molar-refractivity contribution in [1.82, 2.24) is 9.88 Å². The molecule has 33 heavy (non-hydrogen) atoms. The first-order chi connectivity index (χ1) is 15.9. The molecule has 0 unspecified atom stereocenters. The Hall–Kier alpha value is -2.85. The van der Waals surface area contributed by atoms with Gasteiger partial charge < -0.3 is 19.3 Å². The summed E-state index contributed by atoms with van der Waals surface area (Å²) in [6.07, 6.45) is -0.0320. The maximum Gasteiger partial charge on any atom is 0.223 e. The van der Waals surface area contributed by atoms with Crippen molar-refractivity contribution < 1.29 is 22.7 Å². The van der Waals surface area contributed by atoms with Crippen molar-refractivity contribution in [2.75, 3.05) is 50.5 Å². The number of hydrogen-bond donors (Lipinski definition) is 0. The van der Waals surface area contributed by atoms with Gasteiger partial charge in [-0.1, -0.05) is 11.3 Å². The number of benzene rings is 2. The molecule has 0 bridgehead atoms. The third kappa shape index (κ3) is 5.39. The molecule has 1 aliphatic rings. The largest absolute Gasteiger partial charge is 0.497 e. The second kappa shape index (κ2) is 9.96. The van der Waals surface area contributed by atoms with E-state index in [1.165, 1.54) is 19.2 Å². The molecule has 176 valence electrons. The lowest BCUT2D eigenvalue weighted by molar-refractivity contribution is -0.131. The molecule has 1 amide bonds. The van der Waals surface area contributed by atoms with Crippen LogP contribution in [0.2, 0.25) is 0 Å². The number of nitrogens with zero attached hydrogens (tertiary/aromatic N) is 3. The fraction of sp³-hybridized carbons (Fsp3) is 0.391. The van der Waals surface area contributed by atoms with E-state index in [4.69, 9.17) is 14.5 Å². The number of rotatable bonds is 8. The van der Waals surface area contributed by atoms with E-state index >= 15 is 0 Å². The van der Waals surface area contributed by atoms with Crippen LogP contribution in [0, 0.1) is 0 Å². The number of fused-ring (bicyclic) bond motifs is 1. The Labute approximate surface area is 197 Å². The summed E-state index contributed by atoms with van der Waals surface area (Å²) >= 11 is 1.61. The van der Waals surface area contributed by atoms with Crippen LogP contribution in [-0.2, 0) is 14.6 Å². The summed E-state index contributed by atoms with van der Waals surface area (Å²) in [6, 6.07) is 12.1. The van der Waals surface area contributed by atoms with E-state index in [-0.39, 0.29) is 23.0 Å². The third-order valence-electron chi connectivity index (χ3n) is 5.57. The second-order valence-electron chi connectivity index (χ2n) is 7.67. The van der Waals surface area contributed by atoms with Crippen LogP contribution in [0.3, 0.4) is 0 Å². The molecule has 0 aliphatic carbocycles. The summed E-state index contributed by atoms with van der Waals surface area (Å²) in [7, 11) is -2.00. The Morgan fingerprint density at radius 2 is 1.76 bits per heavy atom. The number of piperazine rings is 1. The predicted octanol–water partition coefficient (Wildman–Crippen LogP) is 3.22. The molecule has 10 heteroatoms. The smallest absolute Gasteiger partial charge is 0.223 e. The zero-order chi connectivity index (χ0) is 23.4. The number of anilines is 1. The highest BCUT2D eigenvalue weighted by atomic mass is 32.2. The summed E-state index contributed by atoms with van der Waals surface area (Å²) in [4.78, 5) is 21.5. The Balaban J connectivity index is 1.32. The first-order valence-corrected chi connectivity index (χ1v) is 13.3. The molecule has 3 aromatic rings. The fourth-order valence-electron chi connectivity index (χ4n) is 3.71. The molecule has 0 spiro atoms. The van der Waals surface area contributed by atoms with E-state index in [1.54, 1.807) is 28.4 Å². The van der Waals surface area contributed by atoms with Gasteiger partial charge in [-0.2, -0.15) is 0 Å². The van der Waals surface area contributed by atoms with Crippen molar-refractivity contribution >= 4 is 42.4 Å². The molecular formula is C23H27N3O5S2. The van der Waals surface area contributed by atoms with Crippen molar-refractivity contribution in [2.45, 2.75) is 18.2 Å². The van der Waals surface area contributed by atoms with E-state index in [0.29, 0.717) is 38.5 Å². The summed E-state index contributed by atoms with van der Waals surface area (Å²) in [5, 5.41) is 0.924. The average Bonchev–Trinajstić information content (AvgIpc) is 3.26. The van der Waals surface area contributed by atoms with E-state index in [2.05, 4.69) is 4.90 Å². The van der Waals surface area contributed by atoms with Crippen LogP contribution in [0.25, 0.3) is 10.2 Å². The van der Waals surface area contributed by atoms with Gasteiger partial charge in [0.25, 0.3) is 0 Å². The maximum absolute atomic E-state index is 12.7. The first kappa shape index (κ1) is 23.3. The van der Waals surface area contributed by atoms with E-state index in [9.17, 15) is 13.2 Å². The number of ether oxygens (including phenoxy) is 2. The number of carbonyl (C=O) groups is 1. The molecule has 8 nitrogen and oxygen atoms in total. The van der Waals surface area contributed by atoms with Crippen molar-refractivity contribution in [1.29, 1.82) is 0 Å². The number of hydrogen-bond acceptors (Lipinski definition) is 8. The minimum Gasteiger partial charge on any atom is -0.497 e. The molecule has 1 saturated heterocycles. The highest BCUT2D eigenvalue weighted by molar-refractivity contribution is 7.91. The van der Waals surface area contributed by atoms with Gasteiger partial charge in [0.05, 0.1) is 34.6 Å². The monoisotopic (exact) mass is 489 g/mol. The summed E-state index contributed by atoms with van der Waals surface area (Å²) < 4.78 is 36.8. The lowest BCUT2D eigenvalue weighted by atomic mass is 10.3. The van der Waals surface area contributed by atoms with Gasteiger partial charge in [0.1, 0.15) is 11.5 Å². The zero-order valence-corrected chi connectivity index (χ0v) is 20.3. The lowest BCUT2D eigenvalue weighted by Gasteiger charge is -2.34. The molecule has 2 aromatic carbocycles. The standard InChI is InChI=1S/C23H27N3O5S2/c1-3-31-18-6-9-20-21(16-18)32-23(24-20)26-13-11-25(12-14-26)22(27)10-15-33(28,29)19-7-4-17(30-2)5-8-19/h4-9,16H,3,10-15H2,1-2H3. The van der Waals surface area contributed by atoms with Crippen LogP contribution in [0.1, 0.15) is 13.3 Å². The number of aromatic nitrogens is 1. The number of methoxy groups -OCH3 is 1. The second-order valence-corrected chi connectivity index (χ2v) is 10.8. The molecule has 1 aliphatic heterocycles. The maximum atomic E-state index is 12.7. The van der Waals surface area contributed by atoms with Crippen LogP contribution in [0.4, 0.5) is 5.13 Å². The molecule has 0 radical (unpaired) electrons. The van der Waals surface area contributed by atoms with Gasteiger partial charge in [0.15, 0.2) is 15.0 Å². The Kier molecular flexibility index (Phi) is 7.04. The fourth-order valence-corrected chi connectivity index (χ4v) is 5.99. The molecule has 0 atom stereocenters. The normalized spacial score (nSPS) is 14.5. The van der Waals surface area contributed by atoms with Crippen molar-refractivity contribution in [3.8, 4) is 11.5 Å². The van der Waals surface area contributed by atoms with Gasteiger partial charge in [-0.3, -0.25) is 4.79 Å². The van der Waals surface area contributed by atoms with Crippen LogP contribution in [0.15, 0.2) is 47.4 Å². The van der Waals surface area contributed by atoms with Gasteiger partial charge in [-0.05, 0) is 49.4 Å². The van der Waals surface area contributed by atoms with Crippen LogP contribution in [-0.4, -0.2) is 69.9 Å². The molecule has 0 saturated carbocycles. The van der Waals surface area contributed by atoms with Crippen molar-refractivity contribution in [3.63, 3.8) is 0 Å². The highest BCUT2D eigenvalue weighted by Crippen LogP contribution is 2.32. The summed E-state index contributed by atoms with van der Waals surface area (Å²) in [5.74, 6) is 1.07. The molecule has 0 N–H and O–H groups in total. The van der Waals surface area contributed by atoms with E-state index in [1.807, 2.05) is 25.1 Å². The third-order valence-corrected chi connectivity index (χ3v) is 8.38. The van der Waals surface area contributed by atoms with Gasteiger partial charge in [0.2, 0.25) is 5.91 Å². The van der Waals surface area contributed by atoms with Crippen LogP contribution >= 0.6 is 11.3 Å². The summed E-state index contributed by atoms with van der Waals surface area (Å²) in [6.45, 7) is 4.99. The van der Waals surface area contributed by atoms with Gasteiger partial charge in [-0.15, -0.1) is 0 Å². The number of thiazole rings is 1. The molecule has 1 aromatic heterocycles. The SMILES string of the molecule is CCOc1ccc2nc(N3CCN(C(=O)CCS(=O)(=O)c4ccc(OC)cc4)CC3)sc2c1. The average molecular weight is 490 g/mol. The molecular weight excluding hydrogens is 462 g/mol. The predicted molar refractivity (Wildman–Crippen MR) is 129 cm³/mol. The van der Waals surface area contributed by atoms with Crippen molar-refractivity contribution in [3.05, 3.63) is 42.5 Å². The van der Waals surface area contributed by atoms with Gasteiger partial charge in [-0.25, -0.2) is 13.4 Å². The molecule has 2 heterocycles. The van der Waals surface area contributed by atoms with Gasteiger partial charge in [0, 0.05) is 32.6 Å². The minimum absolute atomic E-state index is 0.0320. The Morgan fingerprint density at radius 1 is 1.06 bits per heavy atom. The summed E-state index contributed by atoms with van der Waals surface area (Å²) in [5.41, 5.74) is 0.931. The quantitative estimate of drug-likeness (QED) is 0.480. The topological polar surface area (TPSA) is 89.0 Å². The van der Waals surface area contributed by atoms with E-state index in [0.717, 1.165) is 21.1 Å². The first-order valence-electron chi connectivity index (χ1n) is 10.8. The van der Waals surface area contributed by atoms with Gasteiger partial charge >= 0.3 is 0 Å². The Morgan fingerprint density at radius 3 is 2.42 bits per heavy atom. The molecule has 1 fully saturated rings. The Bertz CT molecular complexity index is 1220. The lowest BCUT2D eigenvalue weighted by Crippen LogP contribution is -2.49. The minimum atomic E-state index is -3.53. The number of amides is 1. The van der Waals surface area contributed by atoms with E-state index < -0.39 is 9.84 Å².